The predicted octanol–water partition coefficient (Wildman–Crippen LogP) is 2.14. The second-order valence-electron chi connectivity index (χ2n) is 4.64. The van der Waals surface area contributed by atoms with Crippen LogP contribution in [-0.4, -0.2) is 23.5 Å². The maximum Gasteiger partial charge on any atom is 0.303 e. The zero-order valence-electron chi connectivity index (χ0n) is 10.3. The number of carboxylic acids is 1. The molecular formula is C13H22NO3. The number of carboxylic acid groups (broad SMARTS) is 1. The van der Waals surface area contributed by atoms with E-state index in [-0.39, 0.29) is 18.2 Å². The van der Waals surface area contributed by atoms with E-state index >= 15 is 0 Å². The number of unbranched alkanes of at least 4 members (excludes halogenated alkanes) is 2. The fraction of sp³-hybridized carbons (Fsp3) is 0.769. The molecule has 0 bridgehead atoms. The highest BCUT2D eigenvalue weighted by Gasteiger charge is 2.20. The highest BCUT2D eigenvalue weighted by atomic mass is 16.4. The molecule has 0 aliphatic heterocycles. The van der Waals surface area contributed by atoms with Crippen LogP contribution >= 0.6 is 0 Å². The zero-order valence-corrected chi connectivity index (χ0v) is 10.3. The number of nitrogens with one attached hydrogen (secondary N) is 1. The van der Waals surface area contributed by atoms with E-state index in [1.54, 1.807) is 0 Å². The molecule has 1 fully saturated rings. The fourth-order valence-corrected chi connectivity index (χ4v) is 2.12. The van der Waals surface area contributed by atoms with Gasteiger partial charge in [-0.25, -0.2) is 0 Å². The minimum absolute atomic E-state index is 0.177. The number of hydrogen-bond acceptors (Lipinski definition) is 2. The van der Waals surface area contributed by atoms with Gasteiger partial charge in [-0.2, -0.15) is 0 Å². The van der Waals surface area contributed by atoms with Crippen LogP contribution < -0.4 is 5.32 Å². The number of aliphatic carboxylic acids is 1. The molecule has 1 saturated carbocycles. The van der Waals surface area contributed by atoms with E-state index in [4.69, 9.17) is 5.11 Å². The van der Waals surface area contributed by atoms with Crippen LogP contribution in [-0.2, 0) is 9.59 Å². The van der Waals surface area contributed by atoms with Crippen LogP contribution in [0.25, 0.3) is 0 Å². The molecule has 1 rings (SSSR count). The first-order chi connectivity index (χ1) is 8.20. The summed E-state index contributed by atoms with van der Waals surface area (Å²) in [7, 11) is 0. The monoisotopic (exact) mass is 240 g/mol. The van der Waals surface area contributed by atoms with Gasteiger partial charge in [-0.05, 0) is 44.9 Å². The van der Waals surface area contributed by atoms with Crippen molar-refractivity contribution >= 4 is 11.9 Å². The van der Waals surface area contributed by atoms with Gasteiger partial charge in [0.05, 0.1) is 0 Å². The Balaban J connectivity index is 1.98. The van der Waals surface area contributed by atoms with E-state index in [1.165, 1.54) is 0 Å². The molecule has 1 aliphatic rings. The topological polar surface area (TPSA) is 66.4 Å². The lowest BCUT2D eigenvalue weighted by Crippen LogP contribution is -2.32. The second-order valence-corrected chi connectivity index (χ2v) is 4.64. The quantitative estimate of drug-likeness (QED) is 0.670. The molecule has 2 N–H and O–H groups in total. The van der Waals surface area contributed by atoms with E-state index in [1.807, 2.05) is 0 Å². The molecule has 0 heterocycles. The third-order valence-corrected chi connectivity index (χ3v) is 3.18. The molecule has 4 nitrogen and oxygen atoms in total. The van der Waals surface area contributed by atoms with Crippen molar-refractivity contribution in [2.75, 3.05) is 6.54 Å². The van der Waals surface area contributed by atoms with Crippen molar-refractivity contribution < 1.29 is 14.7 Å². The van der Waals surface area contributed by atoms with Crippen molar-refractivity contribution in [2.24, 2.45) is 5.92 Å². The first kappa shape index (κ1) is 14.0. The highest BCUT2D eigenvalue weighted by molar-refractivity contribution is 5.78. The van der Waals surface area contributed by atoms with Gasteiger partial charge in [-0.3, -0.25) is 9.59 Å². The first-order valence-electron chi connectivity index (χ1n) is 6.51. The van der Waals surface area contributed by atoms with E-state index in [0.29, 0.717) is 13.0 Å². The third-order valence-electron chi connectivity index (χ3n) is 3.18. The summed E-state index contributed by atoms with van der Waals surface area (Å²) in [4.78, 5) is 22.0. The van der Waals surface area contributed by atoms with Crippen molar-refractivity contribution in [3.05, 3.63) is 6.42 Å². The number of rotatable bonds is 7. The Morgan fingerprint density at radius 2 is 1.88 bits per heavy atom. The molecule has 0 atom stereocenters. The van der Waals surface area contributed by atoms with Gasteiger partial charge in [0.15, 0.2) is 0 Å². The largest absolute Gasteiger partial charge is 0.481 e. The maximum absolute atomic E-state index is 11.7. The molecule has 1 radical (unpaired) electrons. The molecule has 0 saturated heterocycles. The van der Waals surface area contributed by atoms with Gasteiger partial charge < -0.3 is 10.4 Å². The molecule has 17 heavy (non-hydrogen) atoms. The van der Waals surface area contributed by atoms with Gasteiger partial charge in [-0.1, -0.05) is 6.42 Å². The van der Waals surface area contributed by atoms with Crippen molar-refractivity contribution in [1.29, 1.82) is 0 Å². The van der Waals surface area contributed by atoms with E-state index in [0.717, 1.165) is 38.5 Å². The minimum Gasteiger partial charge on any atom is -0.481 e. The summed E-state index contributed by atoms with van der Waals surface area (Å²) in [5, 5.41) is 11.4. The van der Waals surface area contributed by atoms with Crippen LogP contribution in [0.5, 0.6) is 0 Å². The smallest absolute Gasteiger partial charge is 0.303 e. The third kappa shape index (κ3) is 6.29. The molecular weight excluding hydrogens is 218 g/mol. The van der Waals surface area contributed by atoms with Gasteiger partial charge in [0, 0.05) is 18.9 Å². The predicted molar refractivity (Wildman–Crippen MR) is 65.4 cm³/mol. The van der Waals surface area contributed by atoms with Gasteiger partial charge >= 0.3 is 5.97 Å². The minimum atomic E-state index is -0.743. The summed E-state index contributed by atoms with van der Waals surface area (Å²) < 4.78 is 0. The average molecular weight is 240 g/mol. The summed E-state index contributed by atoms with van der Waals surface area (Å²) in [6.07, 6.45) is 8.97. The molecule has 0 spiro atoms. The molecule has 0 unspecified atom stereocenters. The molecule has 0 aromatic carbocycles. The van der Waals surface area contributed by atoms with Crippen LogP contribution in [0.15, 0.2) is 0 Å². The Hall–Kier alpha value is -1.06. The van der Waals surface area contributed by atoms with E-state index < -0.39 is 5.97 Å². The summed E-state index contributed by atoms with van der Waals surface area (Å²) in [6, 6.07) is 0. The highest BCUT2D eigenvalue weighted by Crippen LogP contribution is 2.22. The SMILES string of the molecule is O=C(O)CCCCCNC(=O)C1CC[CH]CC1. The summed E-state index contributed by atoms with van der Waals surface area (Å²) in [6.45, 7) is 0.679. The first-order valence-corrected chi connectivity index (χ1v) is 6.51. The second kappa shape index (κ2) is 8.09. The number of amides is 1. The lowest BCUT2D eigenvalue weighted by atomic mass is 9.89. The Bertz CT molecular complexity index is 247. The fourth-order valence-electron chi connectivity index (χ4n) is 2.12. The van der Waals surface area contributed by atoms with Crippen LogP contribution in [0.3, 0.4) is 0 Å². The molecule has 0 aromatic rings. The molecule has 0 aromatic heterocycles. The number of carbonyl (C=O) groups is 2. The summed E-state index contributed by atoms with van der Waals surface area (Å²) in [5.41, 5.74) is 0. The van der Waals surface area contributed by atoms with Crippen molar-refractivity contribution in [3.8, 4) is 0 Å². The van der Waals surface area contributed by atoms with Crippen LogP contribution in [0.1, 0.15) is 51.4 Å². The Kier molecular flexibility index (Phi) is 6.67. The maximum atomic E-state index is 11.7. The van der Waals surface area contributed by atoms with Crippen molar-refractivity contribution in [3.63, 3.8) is 0 Å². The normalized spacial score (nSPS) is 16.7. The Labute approximate surface area is 103 Å². The number of hydrogen-bond donors (Lipinski definition) is 2. The summed E-state index contributed by atoms with van der Waals surface area (Å²) >= 11 is 0. The lowest BCUT2D eigenvalue weighted by molar-refractivity contribution is -0.137. The van der Waals surface area contributed by atoms with E-state index in [2.05, 4.69) is 11.7 Å². The van der Waals surface area contributed by atoms with Crippen LogP contribution in [0, 0.1) is 12.3 Å². The lowest BCUT2D eigenvalue weighted by Gasteiger charge is -2.20. The molecule has 97 valence electrons. The average Bonchev–Trinajstić information content (AvgIpc) is 2.34. The van der Waals surface area contributed by atoms with Gasteiger partial charge in [-0.15, -0.1) is 0 Å². The molecule has 4 heteroatoms. The van der Waals surface area contributed by atoms with Crippen LogP contribution in [0.4, 0.5) is 0 Å². The van der Waals surface area contributed by atoms with Gasteiger partial charge in [0.25, 0.3) is 0 Å². The summed E-state index contributed by atoms with van der Waals surface area (Å²) in [5.74, 6) is -0.372. The van der Waals surface area contributed by atoms with Crippen molar-refractivity contribution in [1.82, 2.24) is 5.32 Å². The van der Waals surface area contributed by atoms with E-state index in [9.17, 15) is 9.59 Å². The zero-order chi connectivity index (χ0) is 12.5. The van der Waals surface area contributed by atoms with Crippen molar-refractivity contribution in [2.45, 2.75) is 51.4 Å². The molecule has 1 aliphatic carbocycles. The van der Waals surface area contributed by atoms with Crippen LogP contribution in [0.2, 0.25) is 0 Å². The Morgan fingerprint density at radius 3 is 2.53 bits per heavy atom. The molecule has 1 amide bonds. The standard InChI is InChI=1S/C13H22NO3/c15-12(16)9-5-2-6-10-14-13(17)11-7-3-1-4-8-11/h1,11H,2-10H2,(H,14,17)(H,15,16). The Morgan fingerprint density at radius 1 is 1.18 bits per heavy atom. The number of carbonyl (C=O) groups excluding carboxylic acids is 1. The van der Waals surface area contributed by atoms with Gasteiger partial charge in [0.1, 0.15) is 0 Å². The van der Waals surface area contributed by atoms with Gasteiger partial charge in [0.2, 0.25) is 5.91 Å².